The van der Waals surface area contributed by atoms with Crippen molar-refractivity contribution in [2.45, 2.75) is 32.5 Å². The fourth-order valence-corrected chi connectivity index (χ4v) is 3.03. The standard InChI is InChI=1S/C16H18F3NS/c1-3-8-20-15(14-7-9-21-11(14)2)12-5-4-6-13(10-12)16(17,18)19/h4-7,9-10,15,20H,3,8H2,1-2H3. The number of hydrogen-bond acceptors (Lipinski definition) is 2. The Morgan fingerprint density at radius 1 is 1.24 bits per heavy atom. The number of nitrogens with one attached hydrogen (secondary N) is 1. The Kier molecular flexibility index (Phi) is 5.06. The van der Waals surface area contributed by atoms with E-state index in [-0.39, 0.29) is 6.04 Å². The Morgan fingerprint density at radius 2 is 2.00 bits per heavy atom. The van der Waals surface area contributed by atoms with Crippen LogP contribution >= 0.6 is 11.3 Å². The average Bonchev–Trinajstić information content (AvgIpc) is 2.85. The Labute approximate surface area is 126 Å². The van der Waals surface area contributed by atoms with Crippen molar-refractivity contribution in [1.82, 2.24) is 5.32 Å². The zero-order valence-electron chi connectivity index (χ0n) is 12.0. The summed E-state index contributed by atoms with van der Waals surface area (Å²) in [5.74, 6) is 0. The van der Waals surface area contributed by atoms with E-state index in [1.165, 1.54) is 12.1 Å². The van der Waals surface area contributed by atoms with Crippen LogP contribution in [0.3, 0.4) is 0 Å². The molecule has 0 aliphatic carbocycles. The number of benzene rings is 1. The van der Waals surface area contributed by atoms with Gasteiger partial charge in [0, 0.05) is 4.88 Å². The molecule has 2 rings (SSSR count). The molecule has 1 aromatic carbocycles. The summed E-state index contributed by atoms with van der Waals surface area (Å²) in [6, 6.07) is 7.36. The van der Waals surface area contributed by atoms with E-state index in [0.29, 0.717) is 5.56 Å². The molecule has 5 heteroatoms. The van der Waals surface area contributed by atoms with Crippen LogP contribution in [0.1, 0.15) is 41.0 Å². The lowest BCUT2D eigenvalue weighted by Crippen LogP contribution is -2.23. The van der Waals surface area contributed by atoms with E-state index in [2.05, 4.69) is 5.32 Å². The second-order valence-electron chi connectivity index (χ2n) is 4.94. The van der Waals surface area contributed by atoms with Gasteiger partial charge in [0.2, 0.25) is 0 Å². The van der Waals surface area contributed by atoms with Crippen LogP contribution in [0.4, 0.5) is 13.2 Å². The second kappa shape index (κ2) is 6.62. The molecule has 0 bridgehead atoms. The van der Waals surface area contributed by atoms with Crippen molar-refractivity contribution >= 4 is 11.3 Å². The fourth-order valence-electron chi connectivity index (χ4n) is 2.28. The van der Waals surface area contributed by atoms with Crippen LogP contribution in [0, 0.1) is 6.92 Å². The van der Waals surface area contributed by atoms with E-state index in [1.54, 1.807) is 17.4 Å². The second-order valence-corrected chi connectivity index (χ2v) is 6.06. The molecule has 1 heterocycles. The third-order valence-corrected chi connectivity index (χ3v) is 4.22. The molecule has 0 aliphatic heterocycles. The first-order chi connectivity index (χ1) is 9.93. The largest absolute Gasteiger partial charge is 0.416 e. The Hall–Kier alpha value is -1.33. The highest BCUT2D eigenvalue weighted by atomic mass is 32.1. The summed E-state index contributed by atoms with van der Waals surface area (Å²) >= 11 is 1.61. The van der Waals surface area contributed by atoms with E-state index in [9.17, 15) is 13.2 Å². The van der Waals surface area contributed by atoms with E-state index >= 15 is 0 Å². The number of hydrogen-bond donors (Lipinski definition) is 1. The van der Waals surface area contributed by atoms with Crippen molar-refractivity contribution < 1.29 is 13.2 Å². The lowest BCUT2D eigenvalue weighted by atomic mass is 9.97. The van der Waals surface area contributed by atoms with Crippen molar-refractivity contribution in [3.63, 3.8) is 0 Å². The molecule has 1 unspecified atom stereocenters. The molecular formula is C16H18F3NS. The maximum absolute atomic E-state index is 12.9. The minimum atomic E-state index is -4.31. The van der Waals surface area contributed by atoms with E-state index in [1.807, 2.05) is 25.3 Å². The monoisotopic (exact) mass is 313 g/mol. The van der Waals surface area contributed by atoms with Crippen LogP contribution in [0.5, 0.6) is 0 Å². The van der Waals surface area contributed by atoms with Gasteiger partial charge in [0.15, 0.2) is 0 Å². The van der Waals surface area contributed by atoms with Crippen molar-refractivity contribution in [2.24, 2.45) is 0 Å². The first-order valence-electron chi connectivity index (χ1n) is 6.88. The first-order valence-corrected chi connectivity index (χ1v) is 7.76. The average molecular weight is 313 g/mol. The molecule has 21 heavy (non-hydrogen) atoms. The van der Waals surface area contributed by atoms with Gasteiger partial charge in [-0.2, -0.15) is 13.2 Å². The Morgan fingerprint density at radius 3 is 2.57 bits per heavy atom. The fraction of sp³-hybridized carbons (Fsp3) is 0.375. The van der Waals surface area contributed by atoms with E-state index in [4.69, 9.17) is 0 Å². The van der Waals surface area contributed by atoms with Crippen molar-refractivity contribution in [3.8, 4) is 0 Å². The van der Waals surface area contributed by atoms with E-state index in [0.717, 1.165) is 29.5 Å². The van der Waals surface area contributed by atoms with Crippen LogP contribution in [-0.4, -0.2) is 6.54 Å². The molecule has 0 amide bonds. The Balaban J connectivity index is 2.40. The van der Waals surface area contributed by atoms with Crippen LogP contribution in [0.15, 0.2) is 35.7 Å². The first kappa shape index (κ1) is 16.0. The van der Waals surface area contributed by atoms with Gasteiger partial charge in [-0.3, -0.25) is 0 Å². The quantitative estimate of drug-likeness (QED) is 0.803. The lowest BCUT2D eigenvalue weighted by Gasteiger charge is -2.20. The van der Waals surface area contributed by atoms with Gasteiger partial charge in [0.25, 0.3) is 0 Å². The molecule has 1 N–H and O–H groups in total. The molecule has 0 saturated heterocycles. The summed E-state index contributed by atoms with van der Waals surface area (Å²) in [6.45, 7) is 4.79. The van der Waals surface area contributed by atoms with Crippen LogP contribution < -0.4 is 5.32 Å². The number of alkyl halides is 3. The van der Waals surface area contributed by atoms with E-state index < -0.39 is 11.7 Å². The van der Waals surface area contributed by atoms with Gasteiger partial charge in [-0.1, -0.05) is 19.1 Å². The SMILES string of the molecule is CCCNC(c1cccc(C(F)(F)F)c1)c1ccsc1C. The van der Waals surface area contributed by atoms with Gasteiger partial charge in [0.1, 0.15) is 0 Å². The third kappa shape index (κ3) is 3.86. The number of thiophene rings is 1. The minimum absolute atomic E-state index is 0.196. The molecule has 1 aromatic heterocycles. The van der Waals surface area contributed by atoms with Gasteiger partial charge >= 0.3 is 6.18 Å². The molecule has 0 saturated carbocycles. The molecular weight excluding hydrogens is 295 g/mol. The molecule has 0 radical (unpaired) electrons. The Bertz CT molecular complexity index is 589. The zero-order chi connectivity index (χ0) is 15.5. The summed E-state index contributed by atoms with van der Waals surface area (Å²) in [4.78, 5) is 1.13. The molecule has 1 nitrogen and oxygen atoms in total. The predicted molar refractivity (Wildman–Crippen MR) is 80.6 cm³/mol. The highest BCUT2D eigenvalue weighted by Gasteiger charge is 2.31. The zero-order valence-corrected chi connectivity index (χ0v) is 12.8. The molecule has 2 aromatic rings. The van der Waals surface area contributed by atoms with Crippen LogP contribution in [0.2, 0.25) is 0 Å². The summed E-state index contributed by atoms with van der Waals surface area (Å²) in [7, 11) is 0. The van der Waals surface area contributed by atoms with Gasteiger partial charge in [0.05, 0.1) is 11.6 Å². The van der Waals surface area contributed by atoms with Crippen LogP contribution in [0.25, 0.3) is 0 Å². The summed E-state index contributed by atoms with van der Waals surface area (Å²) in [5, 5.41) is 5.32. The van der Waals surface area contributed by atoms with Crippen LogP contribution in [-0.2, 0) is 6.18 Å². The topological polar surface area (TPSA) is 12.0 Å². The van der Waals surface area contributed by atoms with Crippen molar-refractivity contribution in [3.05, 3.63) is 57.3 Å². The normalized spacial score (nSPS) is 13.4. The van der Waals surface area contributed by atoms with Gasteiger partial charge in [-0.15, -0.1) is 11.3 Å². The van der Waals surface area contributed by atoms with Crippen molar-refractivity contribution in [1.29, 1.82) is 0 Å². The smallest absolute Gasteiger partial charge is 0.306 e. The highest BCUT2D eigenvalue weighted by molar-refractivity contribution is 7.10. The molecule has 1 atom stereocenters. The summed E-state index contributed by atoms with van der Waals surface area (Å²) < 4.78 is 38.7. The summed E-state index contributed by atoms with van der Waals surface area (Å²) in [6.07, 6.45) is -3.38. The summed E-state index contributed by atoms with van der Waals surface area (Å²) in [5.41, 5.74) is 1.10. The minimum Gasteiger partial charge on any atom is -0.306 e. The van der Waals surface area contributed by atoms with Crippen molar-refractivity contribution in [2.75, 3.05) is 6.54 Å². The highest BCUT2D eigenvalue weighted by Crippen LogP contribution is 2.33. The van der Waals surface area contributed by atoms with Gasteiger partial charge in [-0.05, 0) is 54.6 Å². The molecule has 0 aliphatic rings. The number of rotatable bonds is 5. The molecule has 114 valence electrons. The predicted octanol–water partition coefficient (Wildman–Crippen LogP) is 5.16. The maximum Gasteiger partial charge on any atom is 0.416 e. The van der Waals surface area contributed by atoms with Gasteiger partial charge < -0.3 is 5.32 Å². The molecule has 0 spiro atoms. The number of halogens is 3. The molecule has 0 fully saturated rings. The van der Waals surface area contributed by atoms with Gasteiger partial charge in [-0.25, -0.2) is 0 Å². The number of aryl methyl sites for hydroxylation is 1. The lowest BCUT2D eigenvalue weighted by molar-refractivity contribution is -0.137. The maximum atomic E-state index is 12.9. The third-order valence-electron chi connectivity index (χ3n) is 3.36.